The van der Waals surface area contributed by atoms with Gasteiger partial charge >= 0.3 is 10.2 Å². The highest BCUT2D eigenvalue weighted by molar-refractivity contribution is 7.90. The summed E-state index contributed by atoms with van der Waals surface area (Å²) in [6.07, 6.45) is 1.94. The Bertz CT molecular complexity index is 834. The van der Waals surface area contributed by atoms with E-state index in [1.807, 2.05) is 19.1 Å². The van der Waals surface area contributed by atoms with Crippen molar-refractivity contribution >= 4 is 16.0 Å². The highest BCUT2D eigenvalue weighted by atomic mass is 32.2. The molecule has 134 valence electrons. The maximum Gasteiger partial charge on any atom is 0.302 e. The van der Waals surface area contributed by atoms with Gasteiger partial charge < -0.3 is 0 Å². The van der Waals surface area contributed by atoms with E-state index in [1.165, 1.54) is 10.4 Å². The van der Waals surface area contributed by atoms with Crippen LogP contribution in [0.4, 0.5) is 10.2 Å². The molecular formula is C18H22FN3O2S. The maximum absolute atomic E-state index is 13.9. The van der Waals surface area contributed by atoms with E-state index >= 15 is 0 Å². The van der Waals surface area contributed by atoms with E-state index in [9.17, 15) is 12.8 Å². The maximum atomic E-state index is 13.9. The second-order valence-corrected chi connectivity index (χ2v) is 7.84. The minimum absolute atomic E-state index is 0.0502. The molecule has 1 aromatic heterocycles. The zero-order chi connectivity index (χ0) is 17.9. The van der Waals surface area contributed by atoms with Crippen molar-refractivity contribution in [2.45, 2.75) is 32.1 Å². The van der Waals surface area contributed by atoms with E-state index in [2.05, 4.69) is 9.71 Å². The summed E-state index contributed by atoms with van der Waals surface area (Å²) in [7, 11) is -3.65. The Hall–Kier alpha value is -1.99. The van der Waals surface area contributed by atoms with Crippen molar-refractivity contribution < 1.29 is 12.8 Å². The summed E-state index contributed by atoms with van der Waals surface area (Å²) in [6, 6.07) is 12.0. The van der Waals surface area contributed by atoms with Crippen molar-refractivity contribution in [1.29, 1.82) is 0 Å². The summed E-state index contributed by atoms with van der Waals surface area (Å²) in [6.45, 7) is 2.69. The van der Waals surface area contributed by atoms with Crippen LogP contribution in [0.1, 0.15) is 36.9 Å². The molecule has 0 atom stereocenters. The van der Waals surface area contributed by atoms with Crippen LogP contribution in [0.15, 0.2) is 42.5 Å². The molecule has 1 N–H and O–H groups in total. The first-order valence-electron chi connectivity index (χ1n) is 8.48. The lowest BCUT2D eigenvalue weighted by molar-refractivity contribution is 0.317. The Labute approximate surface area is 148 Å². The van der Waals surface area contributed by atoms with Crippen molar-refractivity contribution in [3.8, 4) is 0 Å². The fourth-order valence-corrected chi connectivity index (χ4v) is 4.34. The smallest absolute Gasteiger partial charge is 0.254 e. The van der Waals surface area contributed by atoms with Crippen LogP contribution < -0.4 is 4.72 Å². The van der Waals surface area contributed by atoms with Crippen molar-refractivity contribution in [2.24, 2.45) is 0 Å². The van der Waals surface area contributed by atoms with Gasteiger partial charge in [-0.1, -0.05) is 31.2 Å². The first-order valence-corrected chi connectivity index (χ1v) is 9.92. The number of hydrogen-bond acceptors (Lipinski definition) is 3. The number of aromatic nitrogens is 1. The zero-order valence-corrected chi connectivity index (χ0v) is 15.0. The minimum Gasteiger partial charge on any atom is -0.254 e. The number of aryl methyl sites for hydroxylation is 1. The second-order valence-electron chi connectivity index (χ2n) is 6.17. The summed E-state index contributed by atoms with van der Waals surface area (Å²) in [4.78, 5) is 4.28. The molecule has 1 aromatic carbocycles. The standard InChI is InChI=1S/C18H22FN3O2S/c1-2-15-6-5-9-18(20-15)21-25(23,24)22-12-10-14(11-13-22)16-7-3-4-8-17(16)19/h3-9,14H,2,10-13H2,1H3,(H,20,21). The fraction of sp³-hybridized carbons (Fsp3) is 0.389. The number of anilines is 1. The van der Waals surface area contributed by atoms with Gasteiger partial charge in [0.2, 0.25) is 0 Å². The van der Waals surface area contributed by atoms with E-state index in [4.69, 9.17) is 0 Å². The van der Waals surface area contributed by atoms with E-state index in [0.717, 1.165) is 12.1 Å². The number of nitrogens with zero attached hydrogens (tertiary/aromatic N) is 2. The number of rotatable bonds is 5. The predicted octanol–water partition coefficient (Wildman–Crippen LogP) is 3.32. The van der Waals surface area contributed by atoms with E-state index in [-0.39, 0.29) is 11.7 Å². The largest absolute Gasteiger partial charge is 0.302 e. The third-order valence-electron chi connectivity index (χ3n) is 4.54. The molecule has 2 heterocycles. The number of hydrogen-bond donors (Lipinski definition) is 1. The van der Waals surface area contributed by atoms with Crippen LogP contribution in [0.25, 0.3) is 0 Å². The van der Waals surface area contributed by atoms with E-state index < -0.39 is 10.2 Å². The van der Waals surface area contributed by atoms with Crippen LogP contribution in [-0.2, 0) is 16.6 Å². The Morgan fingerprint density at radius 2 is 1.88 bits per heavy atom. The molecule has 2 aromatic rings. The molecule has 5 nitrogen and oxygen atoms in total. The molecule has 0 saturated carbocycles. The number of halogens is 1. The summed E-state index contributed by atoms with van der Waals surface area (Å²) in [5.74, 6) is 0.160. The summed E-state index contributed by atoms with van der Waals surface area (Å²) in [5.41, 5.74) is 1.50. The van der Waals surface area contributed by atoms with Crippen molar-refractivity contribution in [2.75, 3.05) is 17.8 Å². The molecule has 0 spiro atoms. The van der Waals surface area contributed by atoms with Gasteiger partial charge in [-0.15, -0.1) is 0 Å². The molecule has 0 amide bonds. The third kappa shape index (κ3) is 4.16. The molecule has 0 aliphatic carbocycles. The van der Waals surface area contributed by atoms with Crippen LogP contribution in [0.3, 0.4) is 0 Å². The second kappa shape index (κ2) is 7.49. The number of benzene rings is 1. The highest BCUT2D eigenvalue weighted by Gasteiger charge is 2.29. The molecule has 7 heteroatoms. The van der Waals surface area contributed by atoms with Crippen LogP contribution in [-0.4, -0.2) is 30.8 Å². The van der Waals surface area contributed by atoms with Crippen LogP contribution in [0.5, 0.6) is 0 Å². The lowest BCUT2D eigenvalue weighted by atomic mass is 9.90. The molecule has 0 unspecified atom stereocenters. The number of piperidine rings is 1. The van der Waals surface area contributed by atoms with Crippen LogP contribution >= 0.6 is 0 Å². The van der Waals surface area contributed by atoms with Gasteiger partial charge in [0, 0.05) is 18.8 Å². The van der Waals surface area contributed by atoms with Gasteiger partial charge in [0.05, 0.1) is 0 Å². The fourth-order valence-electron chi connectivity index (χ4n) is 3.14. The zero-order valence-electron chi connectivity index (χ0n) is 14.2. The Balaban J connectivity index is 1.66. The molecule has 1 aliphatic heterocycles. The van der Waals surface area contributed by atoms with Crippen LogP contribution in [0, 0.1) is 5.82 Å². The minimum atomic E-state index is -3.65. The van der Waals surface area contributed by atoms with E-state index in [1.54, 1.807) is 24.3 Å². The Kier molecular flexibility index (Phi) is 5.34. The summed E-state index contributed by atoms with van der Waals surface area (Å²) < 4.78 is 43.0. The van der Waals surface area contributed by atoms with Crippen molar-refractivity contribution in [3.05, 3.63) is 59.5 Å². The number of pyridine rings is 1. The lowest BCUT2D eigenvalue weighted by Gasteiger charge is -2.31. The molecule has 1 aliphatic rings. The quantitative estimate of drug-likeness (QED) is 0.886. The molecule has 0 bridgehead atoms. The normalized spacial score (nSPS) is 16.7. The van der Waals surface area contributed by atoms with Gasteiger partial charge in [0.15, 0.2) is 0 Å². The molecule has 0 radical (unpaired) electrons. The average molecular weight is 363 g/mol. The summed E-state index contributed by atoms with van der Waals surface area (Å²) in [5, 5.41) is 0. The van der Waals surface area contributed by atoms with Crippen LogP contribution in [0.2, 0.25) is 0 Å². The topological polar surface area (TPSA) is 62.3 Å². The monoisotopic (exact) mass is 363 g/mol. The van der Waals surface area contributed by atoms with Gasteiger partial charge in [-0.3, -0.25) is 4.72 Å². The molecule has 25 heavy (non-hydrogen) atoms. The molecule has 1 saturated heterocycles. The van der Waals surface area contributed by atoms with Gasteiger partial charge in [0.1, 0.15) is 11.6 Å². The molecule has 3 rings (SSSR count). The SMILES string of the molecule is CCc1cccc(NS(=O)(=O)N2CCC(c3ccccc3F)CC2)n1. The van der Waals surface area contributed by atoms with Gasteiger partial charge in [-0.2, -0.15) is 12.7 Å². The lowest BCUT2D eigenvalue weighted by Crippen LogP contribution is -2.41. The van der Waals surface area contributed by atoms with E-state index in [0.29, 0.717) is 37.3 Å². The molecular weight excluding hydrogens is 341 g/mol. The Morgan fingerprint density at radius 1 is 1.16 bits per heavy atom. The number of nitrogens with one attached hydrogen (secondary N) is 1. The Morgan fingerprint density at radius 3 is 2.56 bits per heavy atom. The first kappa shape index (κ1) is 17.8. The van der Waals surface area contributed by atoms with Gasteiger partial charge in [-0.25, -0.2) is 9.37 Å². The average Bonchev–Trinajstić information content (AvgIpc) is 2.62. The third-order valence-corrected chi connectivity index (χ3v) is 6.05. The van der Waals surface area contributed by atoms with Crippen molar-refractivity contribution in [1.82, 2.24) is 9.29 Å². The highest BCUT2D eigenvalue weighted by Crippen LogP contribution is 2.30. The first-order chi connectivity index (χ1) is 12.0. The van der Waals surface area contributed by atoms with Gasteiger partial charge in [-0.05, 0) is 48.9 Å². The summed E-state index contributed by atoms with van der Waals surface area (Å²) >= 11 is 0. The van der Waals surface area contributed by atoms with Crippen molar-refractivity contribution in [3.63, 3.8) is 0 Å². The molecule has 1 fully saturated rings. The van der Waals surface area contributed by atoms with Gasteiger partial charge in [0.25, 0.3) is 0 Å². The predicted molar refractivity (Wildman–Crippen MR) is 96.1 cm³/mol.